The monoisotopic (exact) mass is 407 g/mol. The quantitative estimate of drug-likeness (QED) is 0.649. The minimum Gasteiger partial charge on any atom is -0.378 e. The van der Waals surface area contributed by atoms with Crippen molar-refractivity contribution < 1.29 is 9.53 Å². The molecule has 7 nitrogen and oxygen atoms in total. The number of fused-ring (bicyclic) bond motifs is 1. The molecule has 0 bridgehead atoms. The summed E-state index contributed by atoms with van der Waals surface area (Å²) in [6.07, 6.45) is 0.700. The maximum atomic E-state index is 13.0. The summed E-state index contributed by atoms with van der Waals surface area (Å²) in [5, 5.41) is 0.532. The van der Waals surface area contributed by atoms with Crippen LogP contribution in [0.1, 0.15) is 29.3 Å². The molecule has 1 aliphatic rings. The van der Waals surface area contributed by atoms with Gasteiger partial charge in [-0.25, -0.2) is 4.79 Å². The predicted octanol–water partition coefficient (Wildman–Crippen LogP) is 2.09. The average Bonchev–Trinajstić information content (AvgIpc) is 2.80. The Hall–Kier alpha value is -3.19. The van der Waals surface area contributed by atoms with Crippen LogP contribution in [0.5, 0.6) is 0 Å². The zero-order chi connectivity index (χ0) is 21.1. The Bertz CT molecular complexity index is 1170. The number of para-hydroxylation sites is 1. The highest BCUT2D eigenvalue weighted by Gasteiger charge is 2.18. The van der Waals surface area contributed by atoms with Gasteiger partial charge in [-0.15, -0.1) is 0 Å². The van der Waals surface area contributed by atoms with E-state index in [1.807, 2.05) is 25.1 Å². The molecule has 3 aromatic rings. The second-order valence-electron chi connectivity index (χ2n) is 7.44. The van der Waals surface area contributed by atoms with Crippen molar-refractivity contribution in [3.63, 3.8) is 0 Å². The van der Waals surface area contributed by atoms with Gasteiger partial charge in [-0.1, -0.05) is 31.2 Å². The van der Waals surface area contributed by atoms with Crippen molar-refractivity contribution >= 4 is 16.8 Å². The van der Waals surface area contributed by atoms with Crippen LogP contribution in [0.2, 0.25) is 0 Å². The van der Waals surface area contributed by atoms with E-state index in [1.54, 1.807) is 39.8 Å². The minimum absolute atomic E-state index is 0.0102. The van der Waals surface area contributed by atoms with Gasteiger partial charge in [0, 0.05) is 25.2 Å². The van der Waals surface area contributed by atoms with Gasteiger partial charge in [0.1, 0.15) is 0 Å². The summed E-state index contributed by atoms with van der Waals surface area (Å²) in [6.45, 7) is 4.98. The van der Waals surface area contributed by atoms with E-state index < -0.39 is 0 Å². The molecule has 0 spiro atoms. The molecule has 0 aliphatic carbocycles. The second kappa shape index (κ2) is 8.67. The first-order valence-corrected chi connectivity index (χ1v) is 10.3. The molecule has 0 radical (unpaired) electrons. The maximum absolute atomic E-state index is 13.0. The number of carbonyl (C=O) groups is 1. The molecule has 4 rings (SSSR count). The number of hydrogen-bond donors (Lipinski definition) is 0. The fourth-order valence-corrected chi connectivity index (χ4v) is 3.83. The summed E-state index contributed by atoms with van der Waals surface area (Å²) in [6, 6.07) is 14.5. The van der Waals surface area contributed by atoms with Crippen LogP contribution in [0.3, 0.4) is 0 Å². The molecule has 0 unspecified atom stereocenters. The molecule has 1 fully saturated rings. The fourth-order valence-electron chi connectivity index (χ4n) is 3.83. The van der Waals surface area contributed by atoms with Gasteiger partial charge in [0.25, 0.3) is 11.5 Å². The fraction of sp³-hybridized carbons (Fsp3) is 0.348. The van der Waals surface area contributed by atoms with Crippen molar-refractivity contribution in [2.75, 3.05) is 26.3 Å². The number of hydrogen-bond acceptors (Lipinski definition) is 4. The lowest BCUT2D eigenvalue weighted by atomic mass is 10.1. The number of carbonyl (C=O) groups excluding carboxylic acids is 1. The van der Waals surface area contributed by atoms with Crippen LogP contribution in [0, 0.1) is 0 Å². The second-order valence-corrected chi connectivity index (χ2v) is 7.44. The molecule has 1 amide bonds. The summed E-state index contributed by atoms with van der Waals surface area (Å²) in [7, 11) is 0. The van der Waals surface area contributed by atoms with Gasteiger partial charge in [0.15, 0.2) is 0 Å². The Labute approximate surface area is 174 Å². The molecule has 156 valence electrons. The third-order valence-electron chi connectivity index (χ3n) is 5.42. The highest BCUT2D eigenvalue weighted by molar-refractivity contribution is 5.94. The van der Waals surface area contributed by atoms with Crippen LogP contribution in [0.15, 0.2) is 58.1 Å². The van der Waals surface area contributed by atoms with E-state index in [4.69, 9.17) is 4.74 Å². The number of aromatic nitrogens is 2. The minimum atomic E-state index is -0.311. The molecule has 7 heteroatoms. The Morgan fingerprint density at radius 2 is 1.67 bits per heavy atom. The molecular weight excluding hydrogens is 382 g/mol. The smallest absolute Gasteiger partial charge is 0.331 e. The van der Waals surface area contributed by atoms with Gasteiger partial charge >= 0.3 is 5.69 Å². The topological polar surface area (TPSA) is 73.5 Å². The van der Waals surface area contributed by atoms with E-state index >= 15 is 0 Å². The van der Waals surface area contributed by atoms with Crippen molar-refractivity contribution in [3.05, 3.63) is 80.5 Å². The number of amides is 1. The van der Waals surface area contributed by atoms with Crippen LogP contribution in [0.4, 0.5) is 0 Å². The van der Waals surface area contributed by atoms with Crippen LogP contribution in [-0.4, -0.2) is 46.2 Å². The van der Waals surface area contributed by atoms with Gasteiger partial charge in [-0.05, 0) is 36.2 Å². The lowest BCUT2D eigenvalue weighted by molar-refractivity contribution is 0.0303. The zero-order valence-corrected chi connectivity index (χ0v) is 17.0. The number of benzene rings is 2. The first kappa shape index (κ1) is 20.1. The van der Waals surface area contributed by atoms with Gasteiger partial charge < -0.3 is 9.64 Å². The van der Waals surface area contributed by atoms with Crippen molar-refractivity contribution in [1.29, 1.82) is 0 Å². The standard InChI is InChI=1S/C23H25N3O4/c1-2-11-25-22(28)19-5-3-4-6-20(19)26(23(25)29)16-17-7-9-18(10-8-17)21(27)24-12-14-30-15-13-24/h3-10H,2,11-16H2,1H3. The maximum Gasteiger partial charge on any atom is 0.331 e. The van der Waals surface area contributed by atoms with Crippen LogP contribution in [-0.2, 0) is 17.8 Å². The van der Waals surface area contributed by atoms with Crippen LogP contribution >= 0.6 is 0 Å². The average molecular weight is 407 g/mol. The van der Waals surface area contributed by atoms with Crippen LogP contribution in [0.25, 0.3) is 10.9 Å². The lowest BCUT2D eigenvalue weighted by Crippen LogP contribution is -2.40. The molecule has 0 saturated carbocycles. The Morgan fingerprint density at radius 1 is 0.967 bits per heavy atom. The number of morpholine rings is 1. The van der Waals surface area contributed by atoms with Gasteiger partial charge in [-0.3, -0.25) is 18.7 Å². The molecule has 1 aromatic heterocycles. The highest BCUT2D eigenvalue weighted by atomic mass is 16.5. The summed E-state index contributed by atoms with van der Waals surface area (Å²) in [4.78, 5) is 40.2. The summed E-state index contributed by atoms with van der Waals surface area (Å²) >= 11 is 0. The SMILES string of the molecule is CCCn1c(=O)c2ccccc2n(Cc2ccc(C(=O)N3CCOCC3)cc2)c1=O. The van der Waals surface area contributed by atoms with Crippen LogP contribution < -0.4 is 11.2 Å². The predicted molar refractivity (Wildman–Crippen MR) is 115 cm³/mol. The normalized spacial score (nSPS) is 14.2. The molecule has 0 N–H and O–H groups in total. The van der Waals surface area contributed by atoms with Gasteiger partial charge in [0.2, 0.25) is 0 Å². The van der Waals surface area contributed by atoms with E-state index in [0.717, 1.165) is 5.56 Å². The molecule has 2 aromatic carbocycles. The largest absolute Gasteiger partial charge is 0.378 e. The van der Waals surface area contributed by atoms with Crippen molar-refractivity contribution in [2.45, 2.75) is 26.4 Å². The molecule has 2 heterocycles. The summed E-state index contributed by atoms with van der Waals surface area (Å²) in [5.74, 6) is -0.0102. The molecule has 30 heavy (non-hydrogen) atoms. The van der Waals surface area contributed by atoms with E-state index in [9.17, 15) is 14.4 Å². The number of ether oxygens (including phenoxy) is 1. The van der Waals surface area contributed by atoms with E-state index in [-0.39, 0.29) is 17.2 Å². The number of nitrogens with zero attached hydrogens (tertiary/aromatic N) is 3. The number of rotatable bonds is 5. The molecular formula is C23H25N3O4. The highest BCUT2D eigenvalue weighted by Crippen LogP contribution is 2.13. The zero-order valence-electron chi connectivity index (χ0n) is 17.0. The van der Waals surface area contributed by atoms with Crippen molar-refractivity contribution in [3.8, 4) is 0 Å². The van der Waals surface area contributed by atoms with E-state index in [2.05, 4.69) is 0 Å². The Morgan fingerprint density at radius 3 is 2.37 bits per heavy atom. The van der Waals surface area contributed by atoms with Crippen molar-refractivity contribution in [2.24, 2.45) is 0 Å². The van der Waals surface area contributed by atoms with E-state index in [0.29, 0.717) is 62.3 Å². The van der Waals surface area contributed by atoms with Gasteiger partial charge in [0.05, 0.1) is 30.7 Å². The third kappa shape index (κ3) is 3.80. The summed E-state index contributed by atoms with van der Waals surface area (Å²) in [5.41, 5.74) is 1.57. The first-order chi connectivity index (χ1) is 14.6. The molecule has 1 saturated heterocycles. The Kier molecular flexibility index (Phi) is 5.81. The Balaban J connectivity index is 1.66. The molecule has 0 atom stereocenters. The lowest BCUT2D eigenvalue weighted by Gasteiger charge is -2.26. The van der Waals surface area contributed by atoms with Gasteiger partial charge in [-0.2, -0.15) is 0 Å². The summed E-state index contributed by atoms with van der Waals surface area (Å²) < 4.78 is 8.24. The van der Waals surface area contributed by atoms with Crippen molar-refractivity contribution in [1.82, 2.24) is 14.0 Å². The van der Waals surface area contributed by atoms with E-state index in [1.165, 1.54) is 4.57 Å². The third-order valence-corrected chi connectivity index (χ3v) is 5.42. The first-order valence-electron chi connectivity index (χ1n) is 10.3. The molecule has 1 aliphatic heterocycles.